The maximum absolute atomic E-state index is 15.0. The molecule has 0 radical (unpaired) electrons. The van der Waals surface area contributed by atoms with Crippen molar-refractivity contribution in [3.05, 3.63) is 82.6 Å². The van der Waals surface area contributed by atoms with Gasteiger partial charge in [-0.2, -0.15) is 0 Å². The van der Waals surface area contributed by atoms with Crippen molar-refractivity contribution in [1.29, 1.82) is 0 Å². The fraction of sp³-hybridized carbons (Fsp3) is 0.222. The number of nitrogens with one attached hydrogen (secondary N) is 1. The number of likely N-dealkylation sites (N-methyl/N-ethyl adjacent to an activating group) is 1. The van der Waals surface area contributed by atoms with Gasteiger partial charge in [-0.05, 0) is 54.9 Å². The van der Waals surface area contributed by atoms with Gasteiger partial charge in [0, 0.05) is 24.2 Å². The summed E-state index contributed by atoms with van der Waals surface area (Å²) in [6, 6.07) is 11.4. The van der Waals surface area contributed by atoms with Crippen molar-refractivity contribution < 1.29 is 19.0 Å². The van der Waals surface area contributed by atoms with Gasteiger partial charge >= 0.3 is 0 Å². The average molecular weight is 552 g/mol. The fourth-order valence-corrected chi connectivity index (χ4v) is 5.17. The van der Waals surface area contributed by atoms with Crippen molar-refractivity contribution in [3.63, 3.8) is 0 Å². The van der Waals surface area contributed by atoms with Crippen LogP contribution in [0.5, 0.6) is 0 Å². The summed E-state index contributed by atoms with van der Waals surface area (Å²) in [4.78, 5) is 28.0. The first-order valence-corrected chi connectivity index (χ1v) is 12.6. The lowest BCUT2D eigenvalue weighted by Gasteiger charge is -2.37. The van der Waals surface area contributed by atoms with E-state index in [1.165, 1.54) is 18.2 Å². The Morgan fingerprint density at radius 1 is 1.21 bits per heavy atom. The number of nitrogens with two attached hydrogens (primary N) is 2. The minimum absolute atomic E-state index is 0.119. The second-order valence-corrected chi connectivity index (χ2v) is 9.85. The van der Waals surface area contributed by atoms with E-state index in [-0.39, 0.29) is 28.5 Å². The minimum Gasteiger partial charge on any atom is -0.361 e. The van der Waals surface area contributed by atoms with E-state index in [2.05, 4.69) is 15.3 Å². The molecular weight excluding hydrogens is 526 g/mol. The van der Waals surface area contributed by atoms with Crippen molar-refractivity contribution in [2.45, 2.75) is 18.5 Å². The highest BCUT2D eigenvalue weighted by Gasteiger charge is 2.32. The molecule has 12 heteroatoms. The zero-order chi connectivity index (χ0) is 27.7. The van der Waals surface area contributed by atoms with Crippen LogP contribution in [0.3, 0.4) is 0 Å². The number of hydrogen-bond donors (Lipinski definition) is 3. The number of hydrogen-bond acceptors (Lipinski definition) is 4. The molecule has 1 aliphatic rings. The average Bonchev–Trinajstić information content (AvgIpc) is 3.28. The number of amidine groups is 1. The predicted molar refractivity (Wildman–Crippen MR) is 145 cm³/mol. The lowest BCUT2D eigenvalue weighted by molar-refractivity contribution is -0.106. The van der Waals surface area contributed by atoms with E-state index in [0.717, 1.165) is 12.4 Å². The summed E-state index contributed by atoms with van der Waals surface area (Å²) < 4.78 is 31.3. The smallest absolute Gasteiger partial charge is 0.280 e. The van der Waals surface area contributed by atoms with E-state index >= 15 is 4.39 Å². The van der Waals surface area contributed by atoms with Crippen LogP contribution in [0.1, 0.15) is 28.5 Å². The van der Waals surface area contributed by atoms with Crippen LogP contribution in [-0.4, -0.2) is 63.7 Å². The molecule has 1 fully saturated rings. The zero-order valence-corrected chi connectivity index (χ0v) is 21.7. The second-order valence-electron chi connectivity index (χ2n) is 9.41. The van der Waals surface area contributed by atoms with Crippen LogP contribution in [0, 0.1) is 11.6 Å². The Balaban J connectivity index is 1.57. The molecule has 2 aromatic heterocycles. The van der Waals surface area contributed by atoms with Gasteiger partial charge in [-0.15, -0.1) is 0 Å². The highest BCUT2D eigenvalue weighted by atomic mass is 35.5. The molecule has 9 nitrogen and oxygen atoms in total. The van der Waals surface area contributed by atoms with Gasteiger partial charge < -0.3 is 20.5 Å². The number of rotatable bonds is 6. The van der Waals surface area contributed by atoms with E-state index in [9.17, 15) is 9.18 Å². The van der Waals surface area contributed by atoms with Gasteiger partial charge in [0.1, 0.15) is 28.7 Å². The predicted octanol–water partition coefficient (Wildman–Crippen LogP) is 2.20. The number of carbonyl (C=O) groups is 1. The quantitative estimate of drug-likeness (QED) is 0.250. The summed E-state index contributed by atoms with van der Waals surface area (Å²) in [5.41, 5.74) is 7.82. The Kier molecular flexibility index (Phi) is 7.36. The molecule has 0 aliphatic carbocycles. The van der Waals surface area contributed by atoms with Crippen LogP contribution >= 0.6 is 11.6 Å². The fourth-order valence-electron chi connectivity index (χ4n) is 5.00. The Hall–Kier alpha value is -4.22. The summed E-state index contributed by atoms with van der Waals surface area (Å²) >= 11 is 5.99. The number of amides is 1. The molecule has 4 aromatic rings. The molecule has 5 rings (SSSR count). The Labute approximate surface area is 227 Å². The monoisotopic (exact) mass is 551 g/mol. The topological polar surface area (TPSA) is 127 Å². The number of imidazole rings is 1. The maximum Gasteiger partial charge on any atom is 0.280 e. The zero-order valence-electron chi connectivity index (χ0n) is 21.0. The minimum atomic E-state index is -0.658. The Morgan fingerprint density at radius 3 is 2.77 bits per heavy atom. The van der Waals surface area contributed by atoms with Crippen molar-refractivity contribution in [2.24, 2.45) is 10.7 Å². The van der Waals surface area contributed by atoms with Gasteiger partial charge in [0.05, 0.1) is 28.9 Å². The van der Waals surface area contributed by atoms with E-state index < -0.39 is 17.5 Å². The number of pyridine rings is 1. The van der Waals surface area contributed by atoms with Crippen LogP contribution in [0.15, 0.2) is 59.7 Å². The molecule has 2 atom stereocenters. The van der Waals surface area contributed by atoms with Crippen molar-refractivity contribution in [3.8, 4) is 11.4 Å². The van der Waals surface area contributed by atoms with E-state index in [4.69, 9.17) is 27.7 Å². The molecule has 200 valence electrons. The molecule has 5 N–H and O–H groups in total. The first kappa shape index (κ1) is 26.4. The highest BCUT2D eigenvalue weighted by Crippen LogP contribution is 2.34. The molecular formula is C27H26ClF2N8O+. The summed E-state index contributed by atoms with van der Waals surface area (Å²) in [6.45, 7) is 1.12. The van der Waals surface area contributed by atoms with E-state index in [0.29, 0.717) is 47.6 Å². The van der Waals surface area contributed by atoms with E-state index in [1.807, 2.05) is 16.5 Å². The third kappa shape index (κ3) is 5.36. The van der Waals surface area contributed by atoms with Gasteiger partial charge in [-0.1, -0.05) is 23.7 Å². The Bertz CT molecular complexity index is 1600. The molecule has 1 amide bonds. The number of aromatic nitrogens is 3. The molecule has 1 saturated heterocycles. The van der Waals surface area contributed by atoms with E-state index in [1.54, 1.807) is 30.5 Å². The number of halogens is 3. The number of fused-ring (bicyclic) bond motifs is 1. The molecule has 2 aromatic carbocycles. The number of piperidine rings is 1. The number of nitrogens with zero attached hydrogens (tertiary/aromatic N) is 5. The third-order valence-electron chi connectivity index (χ3n) is 6.65. The molecule has 3 heterocycles. The van der Waals surface area contributed by atoms with Gasteiger partial charge in [0.15, 0.2) is 0 Å². The summed E-state index contributed by atoms with van der Waals surface area (Å²) in [5.74, 6) is -1.11. The van der Waals surface area contributed by atoms with Gasteiger partial charge in [-0.3, -0.25) is 10.2 Å². The van der Waals surface area contributed by atoms with Crippen LogP contribution in [0.4, 0.5) is 8.78 Å². The van der Waals surface area contributed by atoms with Gasteiger partial charge in [-0.25, -0.2) is 18.7 Å². The molecule has 1 aliphatic heterocycles. The summed E-state index contributed by atoms with van der Waals surface area (Å²) in [5, 5.41) is 8.60. The number of aliphatic imine (C=N–C) groups is 1. The molecule has 39 heavy (non-hydrogen) atoms. The summed E-state index contributed by atoms with van der Waals surface area (Å²) in [7, 11) is 1.92. The molecule has 0 unspecified atom stereocenters. The van der Waals surface area contributed by atoms with Gasteiger partial charge in [0.25, 0.3) is 18.1 Å². The van der Waals surface area contributed by atoms with Crippen molar-refractivity contribution >= 4 is 40.7 Å². The maximum atomic E-state index is 15.0. The third-order valence-corrected chi connectivity index (χ3v) is 6.89. The van der Waals surface area contributed by atoms with Crippen LogP contribution in [-0.2, 0) is 0 Å². The normalized spacial score (nSPS) is 18.3. The largest absolute Gasteiger partial charge is 0.361 e. The molecule has 0 saturated carbocycles. The second kappa shape index (κ2) is 10.9. The lowest BCUT2D eigenvalue weighted by atomic mass is 9.99. The van der Waals surface area contributed by atoms with Crippen LogP contribution < -0.4 is 16.5 Å². The first-order chi connectivity index (χ1) is 18.7. The number of benzene rings is 2. The van der Waals surface area contributed by atoms with Crippen LogP contribution in [0.25, 0.3) is 22.4 Å². The summed E-state index contributed by atoms with van der Waals surface area (Å²) in [6.07, 6.45) is 3.11. The molecule has 0 bridgehead atoms. The Morgan fingerprint density at radius 2 is 2.00 bits per heavy atom. The number of likely N-dealkylation sites (tertiary alicyclic amines) is 1. The molecule has 0 spiro atoms. The van der Waals surface area contributed by atoms with Crippen LogP contribution in [0.2, 0.25) is 5.02 Å². The van der Waals surface area contributed by atoms with Crippen molar-refractivity contribution in [2.75, 3.05) is 20.1 Å². The van der Waals surface area contributed by atoms with Gasteiger partial charge in [0.2, 0.25) is 0 Å². The highest BCUT2D eigenvalue weighted by molar-refractivity contribution is 6.31. The van der Waals surface area contributed by atoms with Crippen molar-refractivity contribution in [1.82, 2.24) is 24.8 Å². The SMILES string of the molecule is CN1C[C@H](NC(=O)c2cc(Cl)ccc2F)C[C@H](n2c(-c3ccccc3F)nc3cnc(C(N)=NC=[NH2+])cc32)C1. The first-order valence-electron chi connectivity index (χ1n) is 12.2. The lowest BCUT2D eigenvalue weighted by Crippen LogP contribution is -2.50. The standard InChI is InChI=1S/C27H25ClF2N8O/c1-37-12-16(35-27(39)19-8-15(28)6-7-21(19)30)9-17(13-37)38-24-10-22(25(32)34-14-31)33-11-23(24)36-26(38)18-4-2-3-5-20(18)29/h2-8,10-11,14,16-17H,9,12-13H2,1H3,(H,35,39)(H3,31,32,34)/p+1/t16-,17+/m1/s1. The number of carbonyl (C=O) groups excluding carboxylic acids is 1.